The average Bonchev–Trinajstić information content (AvgIpc) is 3.35. The Labute approximate surface area is 227 Å². The van der Waals surface area contributed by atoms with E-state index in [9.17, 15) is 19.5 Å². The third-order valence-corrected chi connectivity index (χ3v) is 6.87. The molecule has 1 amide bonds. The van der Waals surface area contributed by atoms with E-state index < -0.39 is 24.3 Å². The summed E-state index contributed by atoms with van der Waals surface area (Å²) in [5, 5.41) is 17.7. The number of carbonyl (C=O) groups excluding carboxylic acids is 2. The molecule has 0 bridgehead atoms. The molecule has 1 atom stereocenters. The number of aromatic amines is 1. The zero-order valence-electron chi connectivity index (χ0n) is 20.3. The van der Waals surface area contributed by atoms with Crippen LogP contribution in [0.5, 0.6) is 0 Å². The predicted octanol–water partition coefficient (Wildman–Crippen LogP) is 4.51. The molecule has 3 aromatic carbocycles. The predicted molar refractivity (Wildman–Crippen MR) is 149 cm³/mol. The molecule has 0 saturated heterocycles. The van der Waals surface area contributed by atoms with E-state index in [0.717, 1.165) is 26.5 Å². The number of nitrogens with zero attached hydrogens (tertiary/aromatic N) is 2. The quantitative estimate of drug-likeness (QED) is 0.354. The van der Waals surface area contributed by atoms with Gasteiger partial charge in [-0.2, -0.15) is 5.10 Å². The van der Waals surface area contributed by atoms with Gasteiger partial charge in [0.2, 0.25) is 5.91 Å². The molecule has 0 spiro atoms. The number of halogens is 1. The number of amides is 1. The minimum atomic E-state index is -1.30. The maximum Gasteiger partial charge on any atom is 0.258 e. The van der Waals surface area contributed by atoms with Gasteiger partial charge in [-0.25, -0.2) is 5.01 Å². The number of carbonyl (C=O) groups is 2. The van der Waals surface area contributed by atoms with E-state index in [1.807, 2.05) is 91.0 Å². The third kappa shape index (κ3) is 5.35. The van der Waals surface area contributed by atoms with Crippen LogP contribution >= 0.6 is 15.9 Å². The van der Waals surface area contributed by atoms with Crippen LogP contribution < -0.4 is 10.7 Å². The van der Waals surface area contributed by atoms with Crippen molar-refractivity contribution in [3.8, 4) is 11.1 Å². The second-order valence-electron chi connectivity index (χ2n) is 8.96. The Hall–Kier alpha value is -4.30. The molecule has 4 aromatic rings. The number of aliphatic carboxylic acids is 1. The molecule has 1 aliphatic rings. The minimum absolute atomic E-state index is 0.249. The smallest absolute Gasteiger partial charge is 0.258 e. The highest BCUT2D eigenvalue weighted by molar-refractivity contribution is 9.10. The van der Waals surface area contributed by atoms with E-state index in [1.165, 1.54) is 5.01 Å². The SMILES string of the molecule is O=C([O-])CCC(=O)N1N=C(c2c(-c3ccccc3)c3cc(Br)ccc3[nH]c2=O)C[C@H]1/C=C/c1ccccc1. The highest BCUT2D eigenvalue weighted by Gasteiger charge is 2.33. The number of pyridine rings is 1. The molecule has 1 aliphatic heterocycles. The van der Waals surface area contributed by atoms with Gasteiger partial charge in [0.25, 0.3) is 5.56 Å². The van der Waals surface area contributed by atoms with Crippen LogP contribution in [0, 0.1) is 0 Å². The van der Waals surface area contributed by atoms with Crippen molar-refractivity contribution in [1.29, 1.82) is 0 Å². The van der Waals surface area contributed by atoms with Crippen molar-refractivity contribution in [3.63, 3.8) is 0 Å². The van der Waals surface area contributed by atoms with E-state index in [2.05, 4.69) is 26.0 Å². The number of H-pyrrole nitrogens is 1. The summed E-state index contributed by atoms with van der Waals surface area (Å²) < 4.78 is 0.858. The van der Waals surface area contributed by atoms with Crippen molar-refractivity contribution in [2.24, 2.45) is 5.10 Å². The molecule has 0 aliphatic carbocycles. The topological polar surface area (TPSA) is 106 Å². The lowest BCUT2D eigenvalue weighted by Crippen LogP contribution is -2.33. The summed E-state index contributed by atoms with van der Waals surface area (Å²) in [6.45, 7) is 0. The van der Waals surface area contributed by atoms with Crippen LogP contribution in [0.1, 0.15) is 30.4 Å². The maximum absolute atomic E-state index is 13.5. The van der Waals surface area contributed by atoms with Crippen molar-refractivity contribution >= 4 is 50.5 Å². The first kappa shape index (κ1) is 25.4. The van der Waals surface area contributed by atoms with E-state index >= 15 is 0 Å². The Kier molecular flexibility index (Phi) is 7.33. The molecule has 8 heteroatoms. The number of benzene rings is 3. The molecule has 1 aromatic heterocycles. The molecule has 0 unspecified atom stereocenters. The van der Waals surface area contributed by atoms with Crippen molar-refractivity contribution < 1.29 is 14.7 Å². The van der Waals surface area contributed by atoms with Crippen LogP contribution in [-0.2, 0) is 9.59 Å². The van der Waals surface area contributed by atoms with Crippen molar-refractivity contribution in [3.05, 3.63) is 111 Å². The lowest BCUT2D eigenvalue weighted by atomic mass is 9.92. The lowest BCUT2D eigenvalue weighted by Gasteiger charge is -2.19. The average molecular weight is 569 g/mol. The molecule has 5 rings (SSSR count). The molecule has 7 nitrogen and oxygen atoms in total. The van der Waals surface area contributed by atoms with Crippen LogP contribution in [0.4, 0.5) is 0 Å². The van der Waals surface area contributed by atoms with Gasteiger partial charge in [0.1, 0.15) is 0 Å². The number of hydrogen-bond acceptors (Lipinski definition) is 5. The number of hydrazone groups is 1. The minimum Gasteiger partial charge on any atom is -0.550 e. The van der Waals surface area contributed by atoms with E-state index in [-0.39, 0.29) is 12.0 Å². The summed E-state index contributed by atoms with van der Waals surface area (Å²) in [7, 11) is 0. The summed E-state index contributed by atoms with van der Waals surface area (Å²) in [5.41, 5.74) is 3.72. The van der Waals surface area contributed by atoms with Gasteiger partial charge in [-0.05, 0) is 35.7 Å². The second-order valence-corrected chi connectivity index (χ2v) is 9.87. The number of carboxylic acid groups (broad SMARTS) is 1. The zero-order valence-corrected chi connectivity index (χ0v) is 21.9. The molecule has 1 N–H and O–H groups in total. The van der Waals surface area contributed by atoms with Gasteiger partial charge in [0, 0.05) is 39.8 Å². The van der Waals surface area contributed by atoms with Gasteiger partial charge >= 0.3 is 0 Å². The molecular weight excluding hydrogens is 546 g/mol. The summed E-state index contributed by atoms with van der Waals surface area (Å²) in [5.74, 6) is -1.76. The summed E-state index contributed by atoms with van der Waals surface area (Å²) in [4.78, 5) is 40.5. The maximum atomic E-state index is 13.5. The van der Waals surface area contributed by atoms with Crippen LogP contribution in [0.3, 0.4) is 0 Å². The fourth-order valence-corrected chi connectivity index (χ4v) is 4.99. The second kappa shape index (κ2) is 11.0. The van der Waals surface area contributed by atoms with Crippen molar-refractivity contribution in [1.82, 2.24) is 9.99 Å². The molecule has 0 radical (unpaired) electrons. The number of rotatable bonds is 7. The molecule has 0 saturated carbocycles. The Morgan fingerprint density at radius 1 is 1.00 bits per heavy atom. The summed E-state index contributed by atoms with van der Waals surface area (Å²) in [6, 6.07) is 24.4. The Bertz CT molecular complexity index is 1630. The van der Waals surface area contributed by atoms with Gasteiger partial charge in [-0.15, -0.1) is 0 Å². The van der Waals surface area contributed by atoms with Gasteiger partial charge in [0.05, 0.1) is 17.3 Å². The summed E-state index contributed by atoms with van der Waals surface area (Å²) in [6.07, 6.45) is 3.39. The zero-order chi connectivity index (χ0) is 26.6. The van der Waals surface area contributed by atoms with E-state index in [4.69, 9.17) is 0 Å². The van der Waals surface area contributed by atoms with Crippen LogP contribution in [0.2, 0.25) is 0 Å². The lowest BCUT2D eigenvalue weighted by molar-refractivity contribution is -0.305. The largest absolute Gasteiger partial charge is 0.550 e. The Morgan fingerprint density at radius 2 is 1.71 bits per heavy atom. The fourth-order valence-electron chi connectivity index (χ4n) is 4.63. The molecular formula is C30H23BrN3O4-. The first-order valence-corrected chi connectivity index (χ1v) is 12.9. The van der Waals surface area contributed by atoms with Gasteiger partial charge < -0.3 is 14.9 Å². The van der Waals surface area contributed by atoms with Gasteiger partial charge in [-0.3, -0.25) is 9.59 Å². The van der Waals surface area contributed by atoms with Crippen LogP contribution in [0.15, 0.2) is 99.3 Å². The normalized spacial score (nSPS) is 15.2. The van der Waals surface area contributed by atoms with Crippen molar-refractivity contribution in [2.45, 2.75) is 25.3 Å². The standard InChI is InChI=1S/C30H24BrN3O4/c31-21-12-14-24-23(17-21)28(20-9-5-2-6-10-20)29(30(38)32-24)25-18-22(13-11-19-7-3-1-4-8-19)34(33-25)26(35)15-16-27(36)37/h1-14,17,22H,15-16,18H2,(H,32,38)(H,36,37)/p-1/b13-11+/t22-/m1/s1. The number of fused-ring (bicyclic) bond motifs is 1. The van der Waals surface area contributed by atoms with Crippen molar-refractivity contribution in [2.75, 3.05) is 0 Å². The van der Waals surface area contributed by atoms with Gasteiger partial charge in [0.15, 0.2) is 0 Å². The summed E-state index contributed by atoms with van der Waals surface area (Å²) >= 11 is 3.54. The monoisotopic (exact) mass is 568 g/mol. The highest BCUT2D eigenvalue weighted by atomic mass is 79.9. The number of hydrogen-bond donors (Lipinski definition) is 1. The number of aromatic nitrogens is 1. The van der Waals surface area contributed by atoms with Gasteiger partial charge in [-0.1, -0.05) is 88.7 Å². The first-order chi connectivity index (χ1) is 18.4. The third-order valence-electron chi connectivity index (χ3n) is 6.38. The first-order valence-electron chi connectivity index (χ1n) is 12.1. The Morgan fingerprint density at radius 3 is 2.42 bits per heavy atom. The number of carboxylic acids is 1. The van der Waals surface area contributed by atoms with Crippen LogP contribution in [-0.4, -0.2) is 33.6 Å². The highest BCUT2D eigenvalue weighted by Crippen LogP contribution is 2.34. The molecule has 2 heterocycles. The van der Waals surface area contributed by atoms with E-state index in [0.29, 0.717) is 23.2 Å². The fraction of sp³-hybridized carbons (Fsp3) is 0.133. The van der Waals surface area contributed by atoms with E-state index in [1.54, 1.807) is 0 Å². The molecule has 0 fully saturated rings. The number of nitrogens with one attached hydrogen (secondary N) is 1. The molecule has 190 valence electrons. The Balaban J connectivity index is 1.64. The molecule has 38 heavy (non-hydrogen) atoms. The van der Waals surface area contributed by atoms with Crippen LogP contribution in [0.25, 0.3) is 28.1 Å².